The molecule has 2 aromatic rings. The molecule has 0 bridgehead atoms. The molecule has 4 N–H and O–H groups in total. The van der Waals surface area contributed by atoms with E-state index < -0.39 is 0 Å². The Morgan fingerprint density at radius 2 is 2.24 bits per heavy atom. The van der Waals surface area contributed by atoms with Crippen LogP contribution in [0.4, 0.5) is 5.69 Å². The molecular weight excluding hydrogens is 288 g/mol. The van der Waals surface area contributed by atoms with E-state index in [0.717, 1.165) is 23.1 Å². The van der Waals surface area contributed by atoms with Gasteiger partial charge in [-0.3, -0.25) is 9.59 Å². The van der Waals surface area contributed by atoms with Gasteiger partial charge in [-0.2, -0.15) is 0 Å². The number of amides is 2. The molecule has 2 heterocycles. The number of thiophene rings is 1. The van der Waals surface area contributed by atoms with E-state index in [4.69, 9.17) is 5.73 Å². The zero-order valence-electron chi connectivity index (χ0n) is 11.4. The van der Waals surface area contributed by atoms with Crippen molar-refractivity contribution in [3.63, 3.8) is 0 Å². The number of nitrogens with two attached hydrogens (primary N) is 1. The lowest BCUT2D eigenvalue weighted by atomic mass is 10.2. The van der Waals surface area contributed by atoms with E-state index in [0.29, 0.717) is 23.2 Å². The average Bonchev–Trinajstić information content (AvgIpc) is 3.21. The topological polar surface area (TPSA) is 97.1 Å². The molecule has 1 fully saturated rings. The highest BCUT2D eigenvalue weighted by molar-refractivity contribution is 7.21. The molecule has 21 heavy (non-hydrogen) atoms. The molecule has 110 valence electrons. The van der Waals surface area contributed by atoms with Crippen LogP contribution in [0.25, 0.3) is 10.2 Å². The summed E-state index contributed by atoms with van der Waals surface area (Å²) in [7, 11) is 0. The highest BCUT2D eigenvalue weighted by atomic mass is 32.1. The number of rotatable bonds is 5. The van der Waals surface area contributed by atoms with Crippen LogP contribution in [0.15, 0.2) is 18.3 Å². The SMILES string of the molecule is Nc1c(C(=O)NCCC(=O)NC2CC2)sc2ncccc12. The molecule has 7 heteroatoms. The van der Waals surface area contributed by atoms with Gasteiger partial charge >= 0.3 is 0 Å². The fourth-order valence-electron chi connectivity index (χ4n) is 2.02. The van der Waals surface area contributed by atoms with Crippen LogP contribution >= 0.6 is 11.3 Å². The number of anilines is 1. The van der Waals surface area contributed by atoms with Crippen molar-refractivity contribution in [3.8, 4) is 0 Å². The zero-order chi connectivity index (χ0) is 14.8. The molecule has 2 aromatic heterocycles. The minimum Gasteiger partial charge on any atom is -0.397 e. The molecule has 0 aliphatic heterocycles. The van der Waals surface area contributed by atoms with Crippen LogP contribution in [0.2, 0.25) is 0 Å². The van der Waals surface area contributed by atoms with Gasteiger partial charge in [0.25, 0.3) is 5.91 Å². The van der Waals surface area contributed by atoms with Gasteiger partial charge in [0.15, 0.2) is 0 Å². The lowest BCUT2D eigenvalue weighted by Gasteiger charge is -2.05. The van der Waals surface area contributed by atoms with Crippen molar-refractivity contribution in [3.05, 3.63) is 23.2 Å². The Kier molecular flexibility index (Phi) is 3.74. The second kappa shape index (κ2) is 5.69. The van der Waals surface area contributed by atoms with Crippen LogP contribution in [0.1, 0.15) is 28.9 Å². The van der Waals surface area contributed by atoms with Crippen LogP contribution in [0.3, 0.4) is 0 Å². The van der Waals surface area contributed by atoms with Crippen molar-refractivity contribution in [2.45, 2.75) is 25.3 Å². The van der Waals surface area contributed by atoms with Crippen molar-refractivity contribution < 1.29 is 9.59 Å². The largest absolute Gasteiger partial charge is 0.397 e. The normalized spacial score (nSPS) is 14.1. The Labute approximate surface area is 125 Å². The molecule has 3 rings (SSSR count). The summed E-state index contributed by atoms with van der Waals surface area (Å²) in [4.78, 5) is 29.0. The Morgan fingerprint density at radius 3 is 2.95 bits per heavy atom. The summed E-state index contributed by atoms with van der Waals surface area (Å²) in [5.74, 6) is -0.279. The van der Waals surface area contributed by atoms with E-state index in [1.54, 1.807) is 12.3 Å². The van der Waals surface area contributed by atoms with E-state index in [1.807, 2.05) is 6.07 Å². The summed E-state index contributed by atoms with van der Waals surface area (Å²) in [6.07, 6.45) is 4.07. The van der Waals surface area contributed by atoms with E-state index >= 15 is 0 Å². The third-order valence-electron chi connectivity index (χ3n) is 3.29. The molecule has 0 saturated heterocycles. The Bertz CT molecular complexity index is 693. The number of aromatic nitrogens is 1. The van der Waals surface area contributed by atoms with Gasteiger partial charge in [-0.05, 0) is 25.0 Å². The smallest absolute Gasteiger partial charge is 0.263 e. The quantitative estimate of drug-likeness (QED) is 0.775. The Balaban J connectivity index is 1.58. The number of hydrogen-bond acceptors (Lipinski definition) is 5. The van der Waals surface area contributed by atoms with Crippen LogP contribution < -0.4 is 16.4 Å². The summed E-state index contributed by atoms with van der Waals surface area (Å²) in [6.45, 7) is 0.304. The molecule has 2 amide bonds. The number of nitrogens with zero attached hydrogens (tertiary/aromatic N) is 1. The van der Waals surface area contributed by atoms with Crippen LogP contribution in [-0.2, 0) is 4.79 Å². The van der Waals surface area contributed by atoms with Gasteiger partial charge in [0, 0.05) is 30.6 Å². The summed E-state index contributed by atoms with van der Waals surface area (Å²) < 4.78 is 0. The summed E-state index contributed by atoms with van der Waals surface area (Å²) in [6, 6.07) is 3.97. The number of carbonyl (C=O) groups excluding carboxylic acids is 2. The first-order chi connectivity index (χ1) is 10.1. The molecule has 6 nitrogen and oxygen atoms in total. The average molecular weight is 304 g/mol. The number of nitrogen functional groups attached to an aromatic ring is 1. The predicted molar refractivity (Wildman–Crippen MR) is 82.1 cm³/mol. The van der Waals surface area contributed by atoms with Gasteiger partial charge < -0.3 is 16.4 Å². The zero-order valence-corrected chi connectivity index (χ0v) is 12.2. The first-order valence-corrected chi connectivity index (χ1v) is 7.67. The number of nitrogens with one attached hydrogen (secondary N) is 2. The first-order valence-electron chi connectivity index (χ1n) is 6.85. The van der Waals surface area contributed by atoms with Gasteiger partial charge in [0.05, 0.1) is 5.69 Å². The van der Waals surface area contributed by atoms with Gasteiger partial charge in [0.2, 0.25) is 5.91 Å². The second-order valence-electron chi connectivity index (χ2n) is 5.05. The lowest BCUT2D eigenvalue weighted by molar-refractivity contribution is -0.121. The Hall–Kier alpha value is -2.15. The minimum atomic E-state index is -0.255. The number of fused-ring (bicyclic) bond motifs is 1. The second-order valence-corrected chi connectivity index (χ2v) is 6.05. The number of hydrogen-bond donors (Lipinski definition) is 3. The van der Waals surface area contributed by atoms with Crippen LogP contribution in [0.5, 0.6) is 0 Å². The van der Waals surface area contributed by atoms with Gasteiger partial charge in [-0.1, -0.05) is 0 Å². The molecule has 0 atom stereocenters. The molecule has 1 saturated carbocycles. The molecule has 1 aliphatic rings. The number of carbonyl (C=O) groups is 2. The first kappa shape index (κ1) is 13.8. The summed E-state index contributed by atoms with van der Waals surface area (Å²) in [5.41, 5.74) is 6.42. The van der Waals surface area contributed by atoms with Crippen molar-refractivity contribution >= 4 is 39.1 Å². The maximum Gasteiger partial charge on any atom is 0.263 e. The standard InChI is InChI=1S/C14H16N4O2S/c15-11-9-2-1-6-17-14(9)21-12(11)13(20)16-7-5-10(19)18-8-3-4-8/h1-2,6,8H,3-5,7,15H2,(H,16,20)(H,18,19). The molecule has 1 aliphatic carbocycles. The fraction of sp³-hybridized carbons (Fsp3) is 0.357. The third-order valence-corrected chi connectivity index (χ3v) is 4.42. The molecule has 0 aromatic carbocycles. The molecule has 0 radical (unpaired) electrons. The molecule has 0 spiro atoms. The maximum atomic E-state index is 12.1. The third kappa shape index (κ3) is 3.13. The van der Waals surface area contributed by atoms with Crippen molar-refractivity contribution in [2.75, 3.05) is 12.3 Å². The highest BCUT2D eigenvalue weighted by Gasteiger charge is 2.23. The van der Waals surface area contributed by atoms with Crippen molar-refractivity contribution in [1.82, 2.24) is 15.6 Å². The lowest BCUT2D eigenvalue weighted by Crippen LogP contribution is -2.31. The van der Waals surface area contributed by atoms with E-state index in [1.165, 1.54) is 11.3 Å². The number of pyridine rings is 1. The van der Waals surface area contributed by atoms with Crippen molar-refractivity contribution in [2.24, 2.45) is 0 Å². The molecule has 0 unspecified atom stereocenters. The summed E-state index contributed by atoms with van der Waals surface area (Å²) >= 11 is 1.26. The van der Waals surface area contributed by atoms with Crippen LogP contribution in [-0.4, -0.2) is 29.4 Å². The predicted octanol–water partition coefficient (Wildman–Crippen LogP) is 1.28. The monoisotopic (exact) mass is 304 g/mol. The van der Waals surface area contributed by atoms with Gasteiger partial charge in [0.1, 0.15) is 9.71 Å². The van der Waals surface area contributed by atoms with Gasteiger partial charge in [-0.25, -0.2) is 4.98 Å². The van der Waals surface area contributed by atoms with E-state index in [-0.39, 0.29) is 18.2 Å². The minimum absolute atomic E-state index is 0.0243. The van der Waals surface area contributed by atoms with Crippen molar-refractivity contribution in [1.29, 1.82) is 0 Å². The van der Waals surface area contributed by atoms with Crippen LogP contribution in [0, 0.1) is 0 Å². The van der Waals surface area contributed by atoms with Gasteiger partial charge in [-0.15, -0.1) is 11.3 Å². The summed E-state index contributed by atoms with van der Waals surface area (Å²) in [5, 5.41) is 6.40. The van der Waals surface area contributed by atoms with E-state index in [2.05, 4.69) is 15.6 Å². The fourth-order valence-corrected chi connectivity index (χ4v) is 3.00. The molecular formula is C14H16N4O2S. The highest BCUT2D eigenvalue weighted by Crippen LogP contribution is 2.31. The Morgan fingerprint density at radius 1 is 1.43 bits per heavy atom. The maximum absolute atomic E-state index is 12.1. The van der Waals surface area contributed by atoms with E-state index in [9.17, 15) is 9.59 Å².